The summed E-state index contributed by atoms with van der Waals surface area (Å²) in [6.07, 6.45) is 2.62. The molecule has 1 heterocycles. The smallest absolute Gasteiger partial charge is 0.225 e. The van der Waals surface area contributed by atoms with E-state index in [1.54, 1.807) is 7.11 Å². The van der Waals surface area contributed by atoms with Gasteiger partial charge in [-0.25, -0.2) is 0 Å². The molecule has 2 aliphatic rings. The molecular formula is C18H24N4O2. The highest BCUT2D eigenvalue weighted by atomic mass is 16.5. The highest BCUT2D eigenvalue weighted by Gasteiger charge is 2.57. The Bertz CT molecular complexity index is 627. The number of carbonyl (C=O) groups is 1. The molecule has 6 nitrogen and oxygen atoms in total. The third kappa shape index (κ3) is 3.17. The van der Waals surface area contributed by atoms with Gasteiger partial charge in [0.05, 0.1) is 7.11 Å². The number of likely N-dealkylation sites (tertiary alicyclic amines) is 1. The number of nitriles is 1. The van der Waals surface area contributed by atoms with Crippen molar-refractivity contribution in [2.24, 2.45) is 23.5 Å². The lowest BCUT2D eigenvalue weighted by Crippen LogP contribution is -2.38. The number of piperidine rings is 1. The second-order valence-corrected chi connectivity index (χ2v) is 6.87. The molecule has 2 fully saturated rings. The number of nitrogens with one attached hydrogen (secondary N) is 1. The summed E-state index contributed by atoms with van der Waals surface area (Å²) >= 11 is 0. The third-order valence-corrected chi connectivity index (χ3v) is 5.31. The molecule has 1 saturated carbocycles. The Labute approximate surface area is 142 Å². The van der Waals surface area contributed by atoms with Crippen LogP contribution in [-0.2, 0) is 4.79 Å². The van der Waals surface area contributed by atoms with Gasteiger partial charge in [-0.3, -0.25) is 4.79 Å². The molecule has 0 spiro atoms. The van der Waals surface area contributed by atoms with Crippen LogP contribution in [0.15, 0.2) is 24.3 Å². The lowest BCUT2D eigenvalue weighted by Gasteiger charge is -2.25. The van der Waals surface area contributed by atoms with Crippen molar-refractivity contribution in [3.8, 4) is 11.9 Å². The molecule has 3 N–H and O–H groups in total. The molecule has 0 aromatic heterocycles. The van der Waals surface area contributed by atoms with E-state index in [-0.39, 0.29) is 23.9 Å². The predicted octanol–water partition coefficient (Wildman–Crippen LogP) is 1.25. The molecule has 3 rings (SSSR count). The van der Waals surface area contributed by atoms with Gasteiger partial charge in [0.2, 0.25) is 5.91 Å². The second kappa shape index (κ2) is 6.70. The van der Waals surface area contributed by atoms with E-state index in [1.807, 2.05) is 42.3 Å². The number of benzene rings is 1. The maximum absolute atomic E-state index is 12.6. The van der Waals surface area contributed by atoms with E-state index in [0.717, 1.165) is 24.4 Å². The van der Waals surface area contributed by atoms with Crippen LogP contribution in [0.5, 0.6) is 5.75 Å². The minimum absolute atomic E-state index is 0.109. The van der Waals surface area contributed by atoms with Gasteiger partial charge in [-0.1, -0.05) is 19.1 Å². The number of rotatable bonds is 6. The fraction of sp³-hybridized carbons (Fsp3) is 0.556. The summed E-state index contributed by atoms with van der Waals surface area (Å²) in [6.45, 7) is 3.45. The summed E-state index contributed by atoms with van der Waals surface area (Å²) in [4.78, 5) is 14.5. The van der Waals surface area contributed by atoms with Gasteiger partial charge in [-0.2, -0.15) is 5.26 Å². The summed E-state index contributed by atoms with van der Waals surface area (Å²) < 4.78 is 5.15. The molecule has 1 aromatic rings. The molecule has 1 aliphatic carbocycles. The molecule has 128 valence electrons. The van der Waals surface area contributed by atoms with Crippen molar-refractivity contribution in [3.05, 3.63) is 29.8 Å². The highest BCUT2D eigenvalue weighted by Crippen LogP contribution is 2.45. The van der Waals surface area contributed by atoms with Crippen LogP contribution < -0.4 is 15.8 Å². The Morgan fingerprint density at radius 2 is 2.04 bits per heavy atom. The molecule has 1 amide bonds. The fourth-order valence-corrected chi connectivity index (χ4v) is 3.78. The van der Waals surface area contributed by atoms with E-state index in [2.05, 4.69) is 5.32 Å². The highest BCUT2D eigenvalue weighted by molar-refractivity contribution is 5.79. The first-order chi connectivity index (χ1) is 11.5. The minimum atomic E-state index is -0.167. The zero-order chi connectivity index (χ0) is 17.3. The van der Waals surface area contributed by atoms with Crippen LogP contribution >= 0.6 is 0 Å². The van der Waals surface area contributed by atoms with E-state index in [4.69, 9.17) is 15.7 Å². The average Bonchev–Trinajstić information content (AvgIpc) is 3.04. The van der Waals surface area contributed by atoms with E-state index in [9.17, 15) is 4.79 Å². The molecule has 1 aromatic carbocycles. The molecule has 0 radical (unpaired) electrons. The minimum Gasteiger partial charge on any atom is -0.497 e. The van der Waals surface area contributed by atoms with Crippen LogP contribution in [0.1, 0.15) is 24.9 Å². The molecule has 6 heteroatoms. The zero-order valence-electron chi connectivity index (χ0n) is 14.1. The summed E-state index contributed by atoms with van der Waals surface area (Å²) in [6, 6.07) is 7.78. The Morgan fingerprint density at radius 1 is 1.42 bits per heavy atom. The molecule has 3 unspecified atom stereocenters. The predicted molar refractivity (Wildman–Crippen MR) is 89.8 cm³/mol. The van der Waals surface area contributed by atoms with Crippen molar-refractivity contribution >= 4 is 5.91 Å². The summed E-state index contributed by atoms with van der Waals surface area (Å²) in [5, 5.41) is 11.5. The Morgan fingerprint density at radius 3 is 2.58 bits per heavy atom. The molecule has 1 aliphatic heterocycles. The monoisotopic (exact) mass is 328 g/mol. The van der Waals surface area contributed by atoms with Gasteiger partial charge in [0.25, 0.3) is 0 Å². The normalized spacial score (nSPS) is 26.9. The number of fused-ring (bicyclic) bond motifs is 1. The van der Waals surface area contributed by atoms with E-state index in [1.165, 1.54) is 0 Å². The van der Waals surface area contributed by atoms with Gasteiger partial charge in [0.15, 0.2) is 6.19 Å². The van der Waals surface area contributed by atoms with Crippen molar-refractivity contribution in [2.75, 3.05) is 20.2 Å². The first kappa shape index (κ1) is 16.6. The van der Waals surface area contributed by atoms with Gasteiger partial charge < -0.3 is 20.7 Å². The van der Waals surface area contributed by atoms with Gasteiger partial charge in [-0.05, 0) is 24.1 Å². The topological polar surface area (TPSA) is 91.4 Å². The number of ether oxygens (including phenoxy) is 1. The Kier molecular flexibility index (Phi) is 4.63. The maximum atomic E-state index is 12.6. The Balaban J connectivity index is 1.50. The number of nitrogens with two attached hydrogens (primary N) is 1. The number of methoxy groups -OCH3 is 1. The third-order valence-electron chi connectivity index (χ3n) is 5.31. The van der Waals surface area contributed by atoms with Crippen LogP contribution in [0.3, 0.4) is 0 Å². The first-order valence-corrected chi connectivity index (χ1v) is 8.38. The number of carbonyl (C=O) groups excluding carboxylic acids is 1. The van der Waals surface area contributed by atoms with E-state index >= 15 is 0 Å². The SMILES string of the molecule is COc1ccc(C(N)CC(C)C(=O)N2C[C@@H]3C(NC#N)[C@@H]3C2)cc1. The van der Waals surface area contributed by atoms with Crippen LogP contribution in [0.4, 0.5) is 0 Å². The summed E-state index contributed by atoms with van der Waals surface area (Å²) in [5.41, 5.74) is 7.28. The number of nitrogens with zero attached hydrogens (tertiary/aromatic N) is 2. The van der Waals surface area contributed by atoms with Crippen molar-refractivity contribution in [1.82, 2.24) is 10.2 Å². The average molecular weight is 328 g/mol. The molecule has 0 bridgehead atoms. The molecular weight excluding hydrogens is 304 g/mol. The largest absolute Gasteiger partial charge is 0.497 e. The number of hydrogen-bond donors (Lipinski definition) is 2. The maximum Gasteiger partial charge on any atom is 0.225 e. The second-order valence-electron chi connectivity index (χ2n) is 6.87. The van der Waals surface area contributed by atoms with Crippen LogP contribution in [0.2, 0.25) is 0 Å². The zero-order valence-corrected chi connectivity index (χ0v) is 14.1. The summed E-state index contributed by atoms with van der Waals surface area (Å²) in [7, 11) is 1.63. The van der Waals surface area contributed by atoms with Crippen molar-refractivity contribution < 1.29 is 9.53 Å². The molecule has 1 saturated heterocycles. The lowest BCUT2D eigenvalue weighted by atomic mass is 9.95. The number of hydrogen-bond acceptors (Lipinski definition) is 5. The quantitative estimate of drug-likeness (QED) is 0.606. The van der Waals surface area contributed by atoms with Crippen LogP contribution in [0, 0.1) is 29.2 Å². The standard InChI is InChI=1S/C18H24N4O2/c1-11(7-16(20)12-3-5-13(24-2)6-4-12)18(23)22-8-14-15(9-22)17(14)21-10-19/h3-6,11,14-17,21H,7-9,20H2,1-2H3/t11?,14-,15+,16?,17?. The van der Waals surface area contributed by atoms with Crippen LogP contribution in [0.25, 0.3) is 0 Å². The van der Waals surface area contributed by atoms with Crippen molar-refractivity contribution in [3.63, 3.8) is 0 Å². The van der Waals surface area contributed by atoms with Crippen molar-refractivity contribution in [2.45, 2.75) is 25.4 Å². The van der Waals surface area contributed by atoms with Crippen LogP contribution in [-0.4, -0.2) is 37.0 Å². The molecule has 24 heavy (non-hydrogen) atoms. The van der Waals surface area contributed by atoms with E-state index in [0.29, 0.717) is 18.3 Å². The number of amides is 1. The summed E-state index contributed by atoms with van der Waals surface area (Å²) in [5.74, 6) is 1.74. The molecule has 5 atom stereocenters. The van der Waals surface area contributed by atoms with E-state index < -0.39 is 0 Å². The van der Waals surface area contributed by atoms with Gasteiger partial charge in [0, 0.05) is 42.9 Å². The Hall–Kier alpha value is -2.26. The van der Waals surface area contributed by atoms with Gasteiger partial charge in [-0.15, -0.1) is 0 Å². The first-order valence-electron chi connectivity index (χ1n) is 8.38. The fourth-order valence-electron chi connectivity index (χ4n) is 3.78. The van der Waals surface area contributed by atoms with Crippen molar-refractivity contribution in [1.29, 1.82) is 5.26 Å². The lowest BCUT2D eigenvalue weighted by molar-refractivity contribution is -0.134. The van der Waals surface area contributed by atoms with Gasteiger partial charge >= 0.3 is 0 Å². The van der Waals surface area contributed by atoms with Gasteiger partial charge in [0.1, 0.15) is 5.75 Å².